The van der Waals surface area contributed by atoms with Crippen LogP contribution in [-0.4, -0.2) is 46.0 Å². The number of rotatable bonds is 7. The number of hydrogen-bond donors (Lipinski definition) is 0. The van der Waals surface area contributed by atoms with E-state index in [0.717, 1.165) is 22.9 Å². The van der Waals surface area contributed by atoms with Gasteiger partial charge < -0.3 is 9.15 Å². The molecule has 0 radical (unpaired) electrons. The molecule has 1 saturated carbocycles. The van der Waals surface area contributed by atoms with Gasteiger partial charge in [0.2, 0.25) is 5.76 Å². The van der Waals surface area contributed by atoms with Gasteiger partial charge >= 0.3 is 5.97 Å². The van der Waals surface area contributed by atoms with E-state index >= 15 is 0 Å². The summed E-state index contributed by atoms with van der Waals surface area (Å²) in [6.07, 6.45) is 4.11. The van der Waals surface area contributed by atoms with Crippen molar-refractivity contribution in [1.29, 1.82) is 0 Å². The number of carbonyl (C=O) groups is 5. The van der Waals surface area contributed by atoms with Crippen molar-refractivity contribution < 1.29 is 33.1 Å². The molecule has 1 aromatic heterocycles. The number of ketones is 1. The summed E-state index contributed by atoms with van der Waals surface area (Å²) in [7, 11) is 0. The molecule has 1 aliphatic heterocycles. The van der Waals surface area contributed by atoms with Crippen LogP contribution in [0.4, 0.5) is 0 Å². The van der Waals surface area contributed by atoms with Crippen LogP contribution in [-0.2, 0) is 9.59 Å². The first-order valence-electron chi connectivity index (χ1n) is 12.2. The maximum atomic E-state index is 13.6. The van der Waals surface area contributed by atoms with Gasteiger partial charge in [0.05, 0.1) is 28.7 Å². The number of hydrazine groups is 1. The van der Waals surface area contributed by atoms with E-state index in [1.54, 1.807) is 18.2 Å². The van der Waals surface area contributed by atoms with Gasteiger partial charge in [-0.3, -0.25) is 19.2 Å². The smallest absolute Gasteiger partial charge is 0.379 e. The predicted molar refractivity (Wildman–Crippen MR) is 134 cm³/mol. The number of imide groups is 1. The number of hydrogen-bond acceptors (Lipinski definition) is 7. The molecule has 3 amide bonds. The van der Waals surface area contributed by atoms with Gasteiger partial charge in [0.1, 0.15) is 12.3 Å². The van der Waals surface area contributed by atoms with Crippen LogP contribution in [0, 0.1) is 11.8 Å². The van der Waals surface area contributed by atoms with Crippen LogP contribution >= 0.6 is 11.6 Å². The van der Waals surface area contributed by atoms with Crippen molar-refractivity contribution in [2.75, 3.05) is 6.54 Å². The first-order valence-corrected chi connectivity index (χ1v) is 12.6. The lowest BCUT2D eigenvalue weighted by Gasteiger charge is -2.30. The first kappa shape index (κ1) is 25.4. The zero-order valence-electron chi connectivity index (χ0n) is 20.2. The van der Waals surface area contributed by atoms with Crippen LogP contribution in [0.3, 0.4) is 0 Å². The largest absolute Gasteiger partial charge is 0.457 e. The topological polar surface area (TPSA) is 114 Å². The lowest BCUT2D eigenvalue weighted by molar-refractivity contribution is -0.154. The van der Waals surface area contributed by atoms with Crippen molar-refractivity contribution in [2.24, 2.45) is 11.8 Å². The first-order chi connectivity index (χ1) is 18.3. The van der Waals surface area contributed by atoms with Crippen molar-refractivity contribution >= 4 is 41.1 Å². The van der Waals surface area contributed by atoms with Crippen molar-refractivity contribution in [2.45, 2.75) is 25.7 Å². The molecule has 3 aromatic rings. The Morgan fingerprint density at radius 2 is 1.58 bits per heavy atom. The third kappa shape index (κ3) is 4.84. The van der Waals surface area contributed by atoms with Gasteiger partial charge in [-0.05, 0) is 61.4 Å². The minimum Gasteiger partial charge on any atom is -0.457 e. The lowest BCUT2D eigenvalue weighted by atomic mass is 9.81. The van der Waals surface area contributed by atoms with E-state index in [4.69, 9.17) is 20.8 Å². The Bertz CT molecular complexity index is 1380. The van der Waals surface area contributed by atoms with Crippen molar-refractivity contribution in [3.63, 3.8) is 0 Å². The van der Waals surface area contributed by atoms with Gasteiger partial charge in [-0.15, -0.1) is 0 Å². The van der Waals surface area contributed by atoms with Gasteiger partial charge in [0.25, 0.3) is 17.7 Å². The van der Waals surface area contributed by atoms with Gasteiger partial charge in [0, 0.05) is 5.56 Å². The quantitative estimate of drug-likeness (QED) is 0.189. The molecule has 5 rings (SSSR count). The van der Waals surface area contributed by atoms with Crippen molar-refractivity contribution in [3.8, 4) is 5.75 Å². The van der Waals surface area contributed by atoms with E-state index in [-0.39, 0.29) is 27.7 Å². The van der Waals surface area contributed by atoms with E-state index in [0.29, 0.717) is 12.8 Å². The van der Waals surface area contributed by atoms with Gasteiger partial charge in [-0.25, -0.2) is 9.80 Å². The second-order valence-corrected chi connectivity index (χ2v) is 9.55. The van der Waals surface area contributed by atoms with Gasteiger partial charge in [0.15, 0.2) is 5.78 Å². The number of furan rings is 1. The standard InChI is InChI=1S/C28H23ClN2O7/c29-22-9-4-3-8-21(22)25(33)30(31-26(34)19-6-1-2-7-20(19)27(31)35)16-23(32)17-11-13-18(14-12-17)38-28(36)24-10-5-15-37-24/h3-5,8-15,19-20H,1-2,6-7,16H2/t19-,20-/m1/s1. The molecule has 10 heteroatoms. The van der Waals surface area contributed by atoms with Crippen LogP contribution in [0.5, 0.6) is 5.75 Å². The molecule has 2 aliphatic rings. The molecule has 2 aromatic carbocycles. The Labute approximate surface area is 222 Å². The SMILES string of the molecule is O=C(CN(C(=O)c1ccccc1Cl)N1C(=O)[C@@H]2CCCC[C@H]2C1=O)c1ccc(OC(=O)c2ccco2)cc1. The molecule has 2 heterocycles. The normalized spacial score (nSPS) is 18.7. The third-order valence-corrected chi connectivity index (χ3v) is 7.13. The van der Waals surface area contributed by atoms with Crippen LogP contribution in [0.15, 0.2) is 71.3 Å². The van der Waals surface area contributed by atoms with Crippen molar-refractivity contribution in [1.82, 2.24) is 10.0 Å². The second kappa shape index (κ2) is 10.6. The highest BCUT2D eigenvalue weighted by Crippen LogP contribution is 2.39. The Hall–Kier alpha value is -4.24. The number of fused-ring (bicyclic) bond motifs is 1. The molecular weight excluding hydrogens is 512 g/mol. The Kier molecular flexibility index (Phi) is 7.11. The highest BCUT2D eigenvalue weighted by Gasteiger charge is 2.52. The zero-order chi connectivity index (χ0) is 26.8. The number of halogens is 1. The summed E-state index contributed by atoms with van der Waals surface area (Å²) >= 11 is 6.25. The Balaban J connectivity index is 1.39. The molecule has 9 nitrogen and oxygen atoms in total. The number of esters is 1. The maximum Gasteiger partial charge on any atom is 0.379 e. The van der Waals surface area contributed by atoms with E-state index in [1.807, 2.05) is 0 Å². The number of ether oxygens (including phenoxy) is 1. The molecule has 2 atom stereocenters. The second-order valence-electron chi connectivity index (χ2n) is 9.14. The van der Waals surface area contributed by atoms with Crippen LogP contribution in [0.1, 0.15) is 57.0 Å². The maximum absolute atomic E-state index is 13.6. The summed E-state index contributed by atoms with van der Waals surface area (Å²) in [4.78, 5) is 65.5. The van der Waals surface area contributed by atoms with E-state index in [1.165, 1.54) is 48.7 Å². The summed E-state index contributed by atoms with van der Waals surface area (Å²) in [6.45, 7) is -0.563. The summed E-state index contributed by atoms with van der Waals surface area (Å²) in [5.41, 5.74) is 0.258. The number of amides is 3. The minimum atomic E-state index is -0.728. The molecular formula is C28H23ClN2O7. The molecule has 1 aliphatic carbocycles. The molecule has 1 saturated heterocycles. The minimum absolute atomic E-state index is 0.0272. The van der Waals surface area contributed by atoms with Crippen LogP contribution in [0.2, 0.25) is 5.02 Å². The van der Waals surface area contributed by atoms with Gasteiger partial charge in [-0.1, -0.05) is 36.6 Å². The van der Waals surface area contributed by atoms with Crippen LogP contribution < -0.4 is 4.74 Å². The fourth-order valence-corrected chi connectivity index (χ4v) is 5.09. The average Bonchev–Trinajstić information content (AvgIpc) is 3.55. The monoisotopic (exact) mass is 534 g/mol. The summed E-state index contributed by atoms with van der Waals surface area (Å²) in [5, 5.41) is 1.87. The fraction of sp³-hybridized carbons (Fsp3) is 0.250. The van der Waals surface area contributed by atoms with E-state index < -0.39 is 47.9 Å². The zero-order valence-corrected chi connectivity index (χ0v) is 20.9. The van der Waals surface area contributed by atoms with Crippen molar-refractivity contribution in [3.05, 3.63) is 88.8 Å². The molecule has 38 heavy (non-hydrogen) atoms. The highest BCUT2D eigenvalue weighted by molar-refractivity contribution is 6.34. The molecule has 0 N–H and O–H groups in total. The summed E-state index contributed by atoms with van der Waals surface area (Å²) < 4.78 is 10.2. The highest BCUT2D eigenvalue weighted by atomic mass is 35.5. The summed E-state index contributed by atoms with van der Waals surface area (Å²) in [5.74, 6) is -3.70. The fourth-order valence-electron chi connectivity index (χ4n) is 4.88. The molecule has 0 spiro atoms. The number of Topliss-reactive ketones (excluding diaryl/α,β-unsaturated/α-hetero) is 1. The lowest BCUT2D eigenvalue weighted by Crippen LogP contribution is -2.52. The van der Waals surface area contributed by atoms with Crippen LogP contribution in [0.25, 0.3) is 0 Å². The number of nitrogens with zero attached hydrogens (tertiary/aromatic N) is 2. The van der Waals surface area contributed by atoms with E-state index in [9.17, 15) is 24.0 Å². The Morgan fingerprint density at radius 3 is 2.18 bits per heavy atom. The average molecular weight is 535 g/mol. The number of benzene rings is 2. The third-order valence-electron chi connectivity index (χ3n) is 6.80. The predicted octanol–water partition coefficient (Wildman–Crippen LogP) is 4.57. The molecule has 0 unspecified atom stereocenters. The number of carbonyl (C=O) groups excluding carboxylic acids is 5. The molecule has 194 valence electrons. The van der Waals surface area contributed by atoms with E-state index in [2.05, 4.69) is 0 Å². The van der Waals surface area contributed by atoms with Gasteiger partial charge in [-0.2, -0.15) is 5.01 Å². The Morgan fingerprint density at radius 1 is 0.921 bits per heavy atom. The molecule has 2 fully saturated rings. The summed E-state index contributed by atoms with van der Waals surface area (Å²) in [6, 6.07) is 15.0. The molecule has 0 bridgehead atoms.